The number of nitrogens with zero attached hydrogens (tertiary/aromatic N) is 3. The van der Waals surface area contributed by atoms with Gasteiger partial charge in [-0.3, -0.25) is 0 Å². The van der Waals surface area contributed by atoms with Crippen molar-refractivity contribution >= 4 is 44.9 Å². The SMILES string of the molecule is CS(=O)(=O)N1CCC(COC2=NCc3cc(Cl)c(Cl)cc3N2)(c2ccc(-c3cccc(C#N)c3)cc2)CC1. The number of piperidine rings is 1. The molecule has 3 aromatic rings. The van der Waals surface area contributed by atoms with E-state index < -0.39 is 15.4 Å². The number of hydrogen-bond donors (Lipinski definition) is 1. The highest BCUT2D eigenvalue weighted by atomic mass is 35.5. The molecule has 5 rings (SSSR count). The summed E-state index contributed by atoms with van der Waals surface area (Å²) in [6, 6.07) is 21.8. The summed E-state index contributed by atoms with van der Waals surface area (Å²) >= 11 is 12.3. The molecule has 0 radical (unpaired) electrons. The molecule has 2 aliphatic rings. The fraction of sp³-hybridized carbons (Fsp3) is 0.286. The number of benzene rings is 3. The van der Waals surface area contributed by atoms with Gasteiger partial charge in [-0.1, -0.05) is 59.6 Å². The second-order valence-electron chi connectivity index (χ2n) is 9.67. The van der Waals surface area contributed by atoms with Crippen LogP contribution < -0.4 is 5.32 Å². The van der Waals surface area contributed by atoms with E-state index in [4.69, 9.17) is 27.9 Å². The molecule has 2 heterocycles. The number of nitrogens with one attached hydrogen (secondary N) is 1. The summed E-state index contributed by atoms with van der Waals surface area (Å²) in [6.07, 6.45) is 2.46. The molecule has 0 aliphatic carbocycles. The van der Waals surface area contributed by atoms with E-state index in [0.717, 1.165) is 27.9 Å². The zero-order valence-corrected chi connectivity index (χ0v) is 23.1. The Kier molecular flexibility index (Phi) is 7.38. The molecule has 10 heteroatoms. The summed E-state index contributed by atoms with van der Waals surface area (Å²) < 4.78 is 32.1. The Labute approximate surface area is 232 Å². The molecule has 0 atom stereocenters. The normalized spacial score (nSPS) is 17.1. The lowest BCUT2D eigenvalue weighted by Crippen LogP contribution is -2.47. The van der Waals surface area contributed by atoms with Crippen LogP contribution in [-0.2, 0) is 26.7 Å². The molecule has 38 heavy (non-hydrogen) atoms. The van der Waals surface area contributed by atoms with E-state index in [1.807, 2.05) is 30.3 Å². The molecule has 1 saturated heterocycles. The molecular weight excluding hydrogens is 543 g/mol. The van der Waals surface area contributed by atoms with Crippen LogP contribution in [0.5, 0.6) is 0 Å². The van der Waals surface area contributed by atoms with Crippen LogP contribution in [0.25, 0.3) is 11.1 Å². The lowest BCUT2D eigenvalue weighted by atomic mass is 9.73. The highest BCUT2D eigenvalue weighted by Crippen LogP contribution is 2.38. The minimum absolute atomic E-state index is 0.330. The Morgan fingerprint density at radius 3 is 2.45 bits per heavy atom. The molecule has 0 aromatic heterocycles. The number of sulfonamides is 1. The lowest BCUT2D eigenvalue weighted by molar-refractivity contribution is 0.141. The van der Waals surface area contributed by atoms with Gasteiger partial charge in [-0.2, -0.15) is 5.26 Å². The molecule has 7 nitrogen and oxygen atoms in total. The molecule has 1 N–H and O–H groups in total. The summed E-state index contributed by atoms with van der Waals surface area (Å²) in [7, 11) is -3.28. The van der Waals surface area contributed by atoms with Gasteiger partial charge in [0.2, 0.25) is 10.0 Å². The molecule has 0 spiro atoms. The molecule has 0 unspecified atom stereocenters. The second-order valence-corrected chi connectivity index (χ2v) is 12.5. The van der Waals surface area contributed by atoms with Gasteiger partial charge >= 0.3 is 0 Å². The van der Waals surface area contributed by atoms with E-state index in [9.17, 15) is 13.7 Å². The Balaban J connectivity index is 1.39. The van der Waals surface area contributed by atoms with Gasteiger partial charge in [0.1, 0.15) is 6.61 Å². The van der Waals surface area contributed by atoms with Crippen LogP contribution >= 0.6 is 23.2 Å². The number of rotatable bonds is 5. The largest absolute Gasteiger partial charge is 0.464 e. The van der Waals surface area contributed by atoms with Crippen molar-refractivity contribution in [2.75, 3.05) is 31.3 Å². The van der Waals surface area contributed by atoms with Crippen molar-refractivity contribution in [3.8, 4) is 17.2 Å². The van der Waals surface area contributed by atoms with Crippen molar-refractivity contribution in [1.82, 2.24) is 4.31 Å². The van der Waals surface area contributed by atoms with Gasteiger partial charge in [-0.15, -0.1) is 0 Å². The number of ether oxygens (including phenoxy) is 1. The third-order valence-corrected chi connectivity index (χ3v) is 9.26. The third kappa shape index (κ3) is 5.52. The van der Waals surface area contributed by atoms with Crippen molar-refractivity contribution in [1.29, 1.82) is 5.26 Å². The summed E-state index contributed by atoms with van der Waals surface area (Å²) in [5.41, 5.74) is 4.96. The summed E-state index contributed by atoms with van der Waals surface area (Å²) in [5.74, 6) is 0. The Bertz CT molecular complexity index is 1540. The number of hydrogen-bond acceptors (Lipinski definition) is 6. The summed E-state index contributed by atoms with van der Waals surface area (Å²) in [5, 5.41) is 13.4. The summed E-state index contributed by atoms with van der Waals surface area (Å²) in [6.45, 7) is 1.56. The first-order chi connectivity index (χ1) is 18.2. The van der Waals surface area contributed by atoms with Gasteiger partial charge in [0.05, 0.1) is 34.5 Å². The van der Waals surface area contributed by atoms with E-state index in [-0.39, 0.29) is 0 Å². The number of amidine groups is 1. The topological polar surface area (TPSA) is 94.8 Å². The first-order valence-electron chi connectivity index (χ1n) is 12.2. The van der Waals surface area contributed by atoms with Crippen molar-refractivity contribution in [3.63, 3.8) is 0 Å². The van der Waals surface area contributed by atoms with Gasteiger partial charge in [-0.25, -0.2) is 17.7 Å². The van der Waals surface area contributed by atoms with E-state index in [2.05, 4.69) is 28.5 Å². The van der Waals surface area contributed by atoms with Crippen molar-refractivity contribution in [2.24, 2.45) is 4.99 Å². The highest BCUT2D eigenvalue weighted by Gasteiger charge is 2.39. The van der Waals surface area contributed by atoms with Crippen molar-refractivity contribution in [3.05, 3.63) is 87.4 Å². The van der Waals surface area contributed by atoms with Crippen molar-refractivity contribution < 1.29 is 13.2 Å². The van der Waals surface area contributed by atoms with Crippen LogP contribution in [0.2, 0.25) is 10.0 Å². The minimum atomic E-state index is -3.28. The molecule has 0 amide bonds. The molecule has 2 aliphatic heterocycles. The van der Waals surface area contributed by atoms with Gasteiger partial charge in [-0.05, 0) is 59.4 Å². The average Bonchev–Trinajstić information content (AvgIpc) is 2.92. The Hall–Kier alpha value is -3.09. The first kappa shape index (κ1) is 26.5. The molecular formula is C28H26Cl2N4O3S. The number of nitriles is 1. The van der Waals surface area contributed by atoms with Crippen LogP contribution in [0.4, 0.5) is 5.69 Å². The van der Waals surface area contributed by atoms with Gasteiger partial charge in [0.15, 0.2) is 0 Å². The molecule has 3 aromatic carbocycles. The zero-order valence-electron chi connectivity index (χ0n) is 20.7. The molecule has 1 fully saturated rings. The number of halogens is 2. The molecule has 0 bridgehead atoms. The fourth-order valence-corrected chi connectivity index (χ4v) is 6.18. The Morgan fingerprint density at radius 2 is 1.76 bits per heavy atom. The van der Waals surface area contributed by atoms with E-state index in [1.54, 1.807) is 18.2 Å². The van der Waals surface area contributed by atoms with Crippen LogP contribution in [0.1, 0.15) is 29.5 Å². The monoisotopic (exact) mass is 568 g/mol. The van der Waals surface area contributed by atoms with Crippen LogP contribution in [0, 0.1) is 11.3 Å². The second kappa shape index (κ2) is 10.6. The minimum Gasteiger partial charge on any atom is -0.464 e. The highest BCUT2D eigenvalue weighted by molar-refractivity contribution is 7.88. The van der Waals surface area contributed by atoms with Gasteiger partial charge < -0.3 is 10.1 Å². The summed E-state index contributed by atoms with van der Waals surface area (Å²) in [4.78, 5) is 4.52. The number of aliphatic imine (C=N–C) groups is 1. The smallest absolute Gasteiger partial charge is 0.289 e. The maximum atomic E-state index is 12.2. The maximum absolute atomic E-state index is 12.2. The van der Waals surface area contributed by atoms with Crippen LogP contribution in [0.3, 0.4) is 0 Å². The average molecular weight is 570 g/mol. The maximum Gasteiger partial charge on any atom is 0.289 e. The standard InChI is InChI=1S/C28H26Cl2N4O3S/c1-38(35,36)34-11-9-28(10-12-34,18-37-27-32-17-22-14-24(29)25(30)15-26(22)33-27)23-7-5-20(6-8-23)21-4-2-3-19(13-21)16-31/h2-8,13-15H,9-12,17-18H2,1H3,(H,32,33). The predicted octanol–water partition coefficient (Wildman–Crippen LogP) is 5.82. The number of anilines is 1. The van der Waals surface area contributed by atoms with E-state index in [0.29, 0.717) is 60.7 Å². The van der Waals surface area contributed by atoms with E-state index in [1.165, 1.54) is 10.6 Å². The Morgan fingerprint density at radius 1 is 1.05 bits per heavy atom. The van der Waals surface area contributed by atoms with Crippen molar-refractivity contribution in [2.45, 2.75) is 24.8 Å². The quantitative estimate of drug-likeness (QED) is 0.418. The molecule has 0 saturated carbocycles. The predicted molar refractivity (Wildman–Crippen MR) is 151 cm³/mol. The van der Waals surface area contributed by atoms with Crippen LogP contribution in [-0.4, -0.2) is 44.7 Å². The molecule has 196 valence electrons. The fourth-order valence-electron chi connectivity index (χ4n) is 4.98. The number of fused-ring (bicyclic) bond motifs is 1. The van der Waals surface area contributed by atoms with Gasteiger partial charge in [0.25, 0.3) is 6.02 Å². The van der Waals surface area contributed by atoms with Crippen LogP contribution in [0.15, 0.2) is 65.7 Å². The van der Waals surface area contributed by atoms with E-state index >= 15 is 0 Å². The zero-order chi connectivity index (χ0) is 26.9. The third-order valence-electron chi connectivity index (χ3n) is 7.24. The first-order valence-corrected chi connectivity index (χ1v) is 14.8. The lowest BCUT2D eigenvalue weighted by Gasteiger charge is -2.41. The van der Waals surface area contributed by atoms with Gasteiger partial charge in [0, 0.05) is 24.2 Å².